The van der Waals surface area contributed by atoms with Crippen molar-refractivity contribution >= 4 is 5.91 Å². The van der Waals surface area contributed by atoms with Crippen LogP contribution in [0.3, 0.4) is 0 Å². The first-order valence-electron chi connectivity index (χ1n) is 6.93. The van der Waals surface area contributed by atoms with E-state index in [9.17, 15) is 18.0 Å². The molecule has 0 radical (unpaired) electrons. The Hall–Kier alpha value is -2.90. The van der Waals surface area contributed by atoms with E-state index in [0.29, 0.717) is 22.6 Å². The molecule has 0 fully saturated rings. The first-order valence-corrected chi connectivity index (χ1v) is 6.93. The summed E-state index contributed by atoms with van der Waals surface area (Å²) in [6.07, 6.45) is -4.73. The van der Waals surface area contributed by atoms with Crippen LogP contribution in [0, 0.1) is 0 Å². The lowest BCUT2D eigenvalue weighted by Crippen LogP contribution is -2.22. The van der Waals surface area contributed by atoms with Gasteiger partial charge in [-0.3, -0.25) is 4.79 Å². The topological polar surface area (TPSA) is 56.8 Å². The van der Waals surface area contributed by atoms with Crippen molar-refractivity contribution in [2.45, 2.75) is 12.9 Å². The Bertz CT molecular complexity index is 744. The summed E-state index contributed by atoms with van der Waals surface area (Å²) in [5, 5.41) is 2.68. The van der Waals surface area contributed by atoms with E-state index in [0.717, 1.165) is 0 Å². The molecule has 0 saturated heterocycles. The van der Waals surface area contributed by atoms with Crippen LogP contribution in [0.25, 0.3) is 0 Å². The summed E-state index contributed by atoms with van der Waals surface area (Å²) >= 11 is 0. The molecule has 3 rings (SSSR count). The first kappa shape index (κ1) is 16.0. The minimum absolute atomic E-state index is 0.118. The molecule has 1 heterocycles. The average Bonchev–Trinajstić information content (AvgIpc) is 3.00. The predicted octanol–water partition coefficient (Wildman–Crippen LogP) is 3.24. The van der Waals surface area contributed by atoms with Gasteiger partial charge in [0.2, 0.25) is 6.79 Å². The van der Waals surface area contributed by atoms with E-state index in [2.05, 4.69) is 10.1 Å². The second kappa shape index (κ2) is 6.31. The summed E-state index contributed by atoms with van der Waals surface area (Å²) in [6.45, 7) is 0.284. The highest BCUT2D eigenvalue weighted by Gasteiger charge is 2.30. The number of benzene rings is 2. The van der Waals surface area contributed by atoms with E-state index in [4.69, 9.17) is 9.47 Å². The number of hydrogen-bond acceptors (Lipinski definition) is 4. The van der Waals surface area contributed by atoms with Gasteiger partial charge in [0.05, 0.1) is 0 Å². The molecule has 1 amide bonds. The minimum Gasteiger partial charge on any atom is -0.454 e. The number of ether oxygens (including phenoxy) is 3. The van der Waals surface area contributed by atoms with Gasteiger partial charge in [-0.2, -0.15) is 0 Å². The van der Waals surface area contributed by atoms with Crippen molar-refractivity contribution in [3.8, 4) is 17.2 Å². The Morgan fingerprint density at radius 1 is 1.08 bits per heavy atom. The number of rotatable bonds is 4. The smallest absolute Gasteiger partial charge is 0.454 e. The van der Waals surface area contributed by atoms with Crippen LogP contribution in [0.4, 0.5) is 13.2 Å². The molecule has 5 nitrogen and oxygen atoms in total. The van der Waals surface area contributed by atoms with Crippen LogP contribution in [0.5, 0.6) is 17.2 Å². The number of carbonyl (C=O) groups excluding carboxylic acids is 1. The molecular weight excluding hydrogens is 327 g/mol. The highest BCUT2D eigenvalue weighted by Crippen LogP contribution is 2.32. The fraction of sp³-hybridized carbons (Fsp3) is 0.188. The molecule has 24 heavy (non-hydrogen) atoms. The number of nitrogens with one attached hydrogen (secondary N) is 1. The van der Waals surface area contributed by atoms with E-state index in [1.807, 2.05) is 0 Å². The molecule has 8 heteroatoms. The van der Waals surface area contributed by atoms with Gasteiger partial charge in [0.25, 0.3) is 5.91 Å². The second-order valence-corrected chi connectivity index (χ2v) is 4.94. The molecule has 0 aliphatic carbocycles. The van der Waals surface area contributed by atoms with Crippen molar-refractivity contribution in [1.29, 1.82) is 0 Å². The van der Waals surface area contributed by atoms with Gasteiger partial charge in [-0.25, -0.2) is 0 Å². The van der Waals surface area contributed by atoms with Crippen molar-refractivity contribution in [3.05, 3.63) is 53.6 Å². The second-order valence-electron chi connectivity index (χ2n) is 4.94. The molecule has 0 bridgehead atoms. The average molecular weight is 339 g/mol. The minimum atomic E-state index is -4.73. The van der Waals surface area contributed by atoms with E-state index >= 15 is 0 Å². The van der Waals surface area contributed by atoms with Crippen molar-refractivity contribution < 1.29 is 32.2 Å². The molecule has 1 aliphatic heterocycles. The maximum atomic E-state index is 12.1. The van der Waals surface area contributed by atoms with E-state index in [1.165, 1.54) is 24.3 Å². The lowest BCUT2D eigenvalue weighted by molar-refractivity contribution is -0.274. The molecular formula is C16H12F3NO4. The fourth-order valence-corrected chi connectivity index (χ4v) is 2.13. The maximum Gasteiger partial charge on any atom is 0.573 e. The molecule has 2 aromatic rings. The van der Waals surface area contributed by atoms with Crippen LogP contribution in [-0.4, -0.2) is 19.1 Å². The van der Waals surface area contributed by atoms with Gasteiger partial charge < -0.3 is 19.5 Å². The normalized spacial score (nSPS) is 12.8. The molecule has 0 unspecified atom stereocenters. The van der Waals surface area contributed by atoms with Gasteiger partial charge >= 0.3 is 6.36 Å². The van der Waals surface area contributed by atoms with Gasteiger partial charge in [0.15, 0.2) is 11.5 Å². The third kappa shape index (κ3) is 3.89. The molecule has 0 atom stereocenters. The number of carbonyl (C=O) groups is 1. The summed E-state index contributed by atoms with van der Waals surface area (Å²) in [4.78, 5) is 12.1. The Morgan fingerprint density at radius 3 is 2.50 bits per heavy atom. The maximum absolute atomic E-state index is 12.1. The molecule has 0 spiro atoms. The zero-order chi connectivity index (χ0) is 17.2. The van der Waals surface area contributed by atoms with E-state index in [1.54, 1.807) is 18.2 Å². The highest BCUT2D eigenvalue weighted by molar-refractivity contribution is 5.94. The fourth-order valence-electron chi connectivity index (χ4n) is 2.13. The van der Waals surface area contributed by atoms with Crippen molar-refractivity contribution in [2.75, 3.05) is 6.79 Å². The molecule has 126 valence electrons. The third-order valence-electron chi connectivity index (χ3n) is 3.24. The van der Waals surface area contributed by atoms with Crippen LogP contribution in [0.1, 0.15) is 15.9 Å². The number of halogens is 3. The number of alkyl halides is 3. The summed E-state index contributed by atoms with van der Waals surface area (Å²) in [5.74, 6) is 0.431. The Morgan fingerprint density at radius 2 is 1.79 bits per heavy atom. The molecule has 1 aliphatic rings. The Balaban J connectivity index is 1.58. The summed E-state index contributed by atoms with van der Waals surface area (Å²) < 4.78 is 50.4. The van der Waals surface area contributed by atoms with Crippen LogP contribution >= 0.6 is 0 Å². The summed E-state index contributed by atoms with van der Waals surface area (Å²) in [6, 6.07) is 10.1. The van der Waals surface area contributed by atoms with Crippen LogP contribution in [0.2, 0.25) is 0 Å². The molecule has 2 aromatic carbocycles. The lowest BCUT2D eigenvalue weighted by atomic mass is 10.1. The van der Waals surface area contributed by atoms with Crippen molar-refractivity contribution in [1.82, 2.24) is 5.32 Å². The molecule has 1 N–H and O–H groups in total. The Kier molecular flexibility index (Phi) is 4.20. The molecule has 0 saturated carbocycles. The first-order chi connectivity index (χ1) is 11.4. The highest BCUT2D eigenvalue weighted by atomic mass is 19.4. The molecule has 0 aromatic heterocycles. The monoisotopic (exact) mass is 339 g/mol. The van der Waals surface area contributed by atoms with Gasteiger partial charge in [0.1, 0.15) is 5.75 Å². The Labute approximate surface area is 134 Å². The van der Waals surface area contributed by atoms with E-state index < -0.39 is 6.36 Å². The SMILES string of the molecule is O=C(NCc1ccc(OC(F)(F)F)cc1)c1ccc2c(c1)OCO2. The van der Waals surface area contributed by atoms with Gasteiger partial charge in [-0.05, 0) is 35.9 Å². The summed E-state index contributed by atoms with van der Waals surface area (Å²) in [7, 11) is 0. The lowest BCUT2D eigenvalue weighted by Gasteiger charge is -2.10. The van der Waals surface area contributed by atoms with Crippen molar-refractivity contribution in [3.63, 3.8) is 0 Å². The van der Waals surface area contributed by atoms with Crippen LogP contribution in [-0.2, 0) is 6.54 Å². The van der Waals surface area contributed by atoms with Crippen LogP contribution < -0.4 is 19.5 Å². The van der Waals surface area contributed by atoms with Gasteiger partial charge in [0, 0.05) is 12.1 Å². The number of hydrogen-bond donors (Lipinski definition) is 1. The standard InChI is InChI=1S/C16H12F3NO4/c17-16(18,19)24-12-4-1-10(2-5-12)8-20-15(21)11-3-6-13-14(7-11)23-9-22-13/h1-7H,8-9H2,(H,20,21). The van der Waals surface area contributed by atoms with Gasteiger partial charge in [-0.1, -0.05) is 12.1 Å². The summed E-state index contributed by atoms with van der Waals surface area (Å²) in [5.41, 5.74) is 1.04. The zero-order valence-corrected chi connectivity index (χ0v) is 12.2. The predicted molar refractivity (Wildman–Crippen MR) is 76.9 cm³/mol. The van der Waals surface area contributed by atoms with Crippen molar-refractivity contribution in [2.24, 2.45) is 0 Å². The zero-order valence-electron chi connectivity index (χ0n) is 12.2. The van der Waals surface area contributed by atoms with E-state index in [-0.39, 0.29) is 25.0 Å². The van der Waals surface area contributed by atoms with Gasteiger partial charge in [-0.15, -0.1) is 13.2 Å². The number of fused-ring (bicyclic) bond motifs is 1. The van der Waals surface area contributed by atoms with Crippen LogP contribution in [0.15, 0.2) is 42.5 Å². The largest absolute Gasteiger partial charge is 0.573 e. The third-order valence-corrected chi connectivity index (χ3v) is 3.24. The quantitative estimate of drug-likeness (QED) is 0.929. The number of amides is 1.